The third kappa shape index (κ3) is 4.47. The number of carbonyl (C=O) groups is 2. The number of aliphatic carboxylic acids is 1. The highest BCUT2D eigenvalue weighted by Gasteiger charge is 2.42. The fourth-order valence-electron chi connectivity index (χ4n) is 3.04. The largest absolute Gasteiger partial charge is 0.481 e. The molecule has 0 aromatic rings. The van der Waals surface area contributed by atoms with Gasteiger partial charge < -0.3 is 14.9 Å². The molecular formula is C15H28N2O3. The van der Waals surface area contributed by atoms with Crippen LogP contribution in [-0.2, 0) is 9.59 Å². The molecule has 1 saturated carbocycles. The summed E-state index contributed by atoms with van der Waals surface area (Å²) in [6.07, 6.45) is 3.24. The van der Waals surface area contributed by atoms with Gasteiger partial charge in [0.2, 0.25) is 5.91 Å². The number of carboxylic acids is 1. The molecule has 0 aromatic heterocycles. The molecular weight excluding hydrogens is 256 g/mol. The highest BCUT2D eigenvalue weighted by atomic mass is 16.4. The molecule has 3 atom stereocenters. The average Bonchev–Trinajstić information content (AvgIpc) is 2.81. The fourth-order valence-corrected chi connectivity index (χ4v) is 3.04. The van der Waals surface area contributed by atoms with E-state index in [9.17, 15) is 14.7 Å². The van der Waals surface area contributed by atoms with Crippen molar-refractivity contribution in [2.75, 3.05) is 34.2 Å². The number of carboxylic acid groups (broad SMARTS) is 1. The van der Waals surface area contributed by atoms with E-state index in [1.54, 1.807) is 11.9 Å². The molecule has 0 bridgehead atoms. The van der Waals surface area contributed by atoms with Crippen molar-refractivity contribution in [1.29, 1.82) is 0 Å². The molecule has 1 amide bonds. The Kier molecular flexibility index (Phi) is 6.46. The van der Waals surface area contributed by atoms with E-state index in [0.717, 1.165) is 25.8 Å². The number of hydrogen-bond acceptors (Lipinski definition) is 3. The summed E-state index contributed by atoms with van der Waals surface area (Å²) in [5, 5.41) is 9.30. The molecule has 1 fully saturated rings. The van der Waals surface area contributed by atoms with Crippen LogP contribution in [0, 0.1) is 17.8 Å². The smallest absolute Gasteiger partial charge is 0.307 e. The van der Waals surface area contributed by atoms with Crippen LogP contribution in [0.2, 0.25) is 0 Å². The van der Waals surface area contributed by atoms with Crippen LogP contribution in [0.1, 0.15) is 32.6 Å². The molecule has 0 heterocycles. The van der Waals surface area contributed by atoms with Gasteiger partial charge in [0.25, 0.3) is 0 Å². The molecule has 1 N–H and O–H groups in total. The SMILES string of the molecule is CCC1CC(C(=O)O)C(C(=O)N(C)CCCN(C)C)C1. The van der Waals surface area contributed by atoms with Crippen molar-refractivity contribution in [3.63, 3.8) is 0 Å². The summed E-state index contributed by atoms with van der Waals surface area (Å²) in [6, 6.07) is 0. The zero-order valence-corrected chi connectivity index (χ0v) is 13.1. The Morgan fingerprint density at radius 2 is 1.70 bits per heavy atom. The third-order valence-electron chi connectivity index (χ3n) is 4.35. The predicted octanol–water partition coefficient (Wildman–Crippen LogP) is 1.53. The van der Waals surface area contributed by atoms with Gasteiger partial charge in [-0.25, -0.2) is 0 Å². The Labute approximate surface area is 121 Å². The molecule has 5 nitrogen and oxygen atoms in total. The Balaban J connectivity index is 2.57. The molecule has 0 spiro atoms. The second kappa shape index (κ2) is 7.62. The van der Waals surface area contributed by atoms with Crippen molar-refractivity contribution < 1.29 is 14.7 Å². The van der Waals surface area contributed by atoms with Gasteiger partial charge in [0.1, 0.15) is 0 Å². The molecule has 0 radical (unpaired) electrons. The topological polar surface area (TPSA) is 60.9 Å². The summed E-state index contributed by atoms with van der Waals surface area (Å²) in [5.74, 6) is -1.26. The van der Waals surface area contributed by atoms with Gasteiger partial charge in [-0.2, -0.15) is 0 Å². The lowest BCUT2D eigenvalue weighted by molar-refractivity contribution is -0.148. The summed E-state index contributed by atoms with van der Waals surface area (Å²) in [7, 11) is 5.80. The first-order valence-corrected chi connectivity index (χ1v) is 7.49. The molecule has 0 aromatic carbocycles. The van der Waals surface area contributed by atoms with Crippen LogP contribution < -0.4 is 0 Å². The normalized spacial score (nSPS) is 25.9. The summed E-state index contributed by atoms with van der Waals surface area (Å²) in [6.45, 7) is 3.69. The number of carbonyl (C=O) groups excluding carboxylic acids is 1. The second-order valence-electron chi connectivity index (χ2n) is 6.21. The van der Waals surface area contributed by atoms with Gasteiger partial charge in [-0.3, -0.25) is 9.59 Å². The molecule has 5 heteroatoms. The highest BCUT2D eigenvalue weighted by molar-refractivity contribution is 5.85. The Bertz CT molecular complexity index is 344. The maximum absolute atomic E-state index is 12.4. The van der Waals surface area contributed by atoms with E-state index in [1.165, 1.54) is 0 Å². The maximum Gasteiger partial charge on any atom is 0.307 e. The molecule has 3 unspecified atom stereocenters. The van der Waals surface area contributed by atoms with Crippen molar-refractivity contribution in [3.8, 4) is 0 Å². The molecule has 1 rings (SSSR count). The summed E-state index contributed by atoms with van der Waals surface area (Å²) < 4.78 is 0. The minimum absolute atomic E-state index is 0.00658. The van der Waals surface area contributed by atoms with Gasteiger partial charge in [0, 0.05) is 13.6 Å². The van der Waals surface area contributed by atoms with E-state index >= 15 is 0 Å². The second-order valence-corrected chi connectivity index (χ2v) is 6.21. The number of hydrogen-bond donors (Lipinski definition) is 1. The lowest BCUT2D eigenvalue weighted by Gasteiger charge is -2.24. The van der Waals surface area contributed by atoms with Gasteiger partial charge in [0.15, 0.2) is 0 Å². The van der Waals surface area contributed by atoms with Crippen LogP contribution in [0.5, 0.6) is 0 Å². The van der Waals surface area contributed by atoms with Crippen molar-refractivity contribution in [2.45, 2.75) is 32.6 Å². The van der Waals surface area contributed by atoms with E-state index in [1.807, 2.05) is 14.1 Å². The Hall–Kier alpha value is -1.10. The minimum Gasteiger partial charge on any atom is -0.481 e. The van der Waals surface area contributed by atoms with E-state index in [4.69, 9.17) is 0 Å². The zero-order valence-electron chi connectivity index (χ0n) is 13.1. The maximum atomic E-state index is 12.4. The molecule has 1 aliphatic rings. The van der Waals surface area contributed by atoms with Crippen LogP contribution in [-0.4, -0.2) is 61.0 Å². The van der Waals surface area contributed by atoms with Crippen molar-refractivity contribution in [2.24, 2.45) is 17.8 Å². The Morgan fingerprint density at radius 3 is 2.20 bits per heavy atom. The van der Waals surface area contributed by atoms with Gasteiger partial charge in [-0.05, 0) is 45.8 Å². The molecule has 116 valence electrons. The summed E-state index contributed by atoms with van der Waals surface area (Å²) in [5.41, 5.74) is 0. The van der Waals surface area contributed by atoms with Crippen molar-refractivity contribution >= 4 is 11.9 Å². The van der Waals surface area contributed by atoms with E-state index < -0.39 is 11.9 Å². The number of nitrogens with zero attached hydrogens (tertiary/aromatic N) is 2. The van der Waals surface area contributed by atoms with Crippen LogP contribution in [0.3, 0.4) is 0 Å². The first-order valence-electron chi connectivity index (χ1n) is 7.49. The van der Waals surface area contributed by atoms with Crippen LogP contribution in [0.15, 0.2) is 0 Å². The van der Waals surface area contributed by atoms with Gasteiger partial charge >= 0.3 is 5.97 Å². The van der Waals surface area contributed by atoms with Gasteiger partial charge in [-0.15, -0.1) is 0 Å². The van der Waals surface area contributed by atoms with Crippen molar-refractivity contribution in [3.05, 3.63) is 0 Å². The van der Waals surface area contributed by atoms with Gasteiger partial charge in [0.05, 0.1) is 11.8 Å². The number of amides is 1. The third-order valence-corrected chi connectivity index (χ3v) is 4.35. The lowest BCUT2D eigenvalue weighted by Crippen LogP contribution is -2.38. The summed E-state index contributed by atoms with van der Waals surface area (Å²) >= 11 is 0. The quantitative estimate of drug-likeness (QED) is 0.770. The van der Waals surface area contributed by atoms with Crippen molar-refractivity contribution in [1.82, 2.24) is 9.80 Å². The monoisotopic (exact) mass is 284 g/mol. The lowest BCUT2D eigenvalue weighted by atomic mass is 9.95. The first-order chi connectivity index (χ1) is 9.36. The van der Waals surface area contributed by atoms with E-state index in [-0.39, 0.29) is 11.8 Å². The molecule has 0 saturated heterocycles. The predicted molar refractivity (Wildman–Crippen MR) is 78.4 cm³/mol. The Morgan fingerprint density at radius 1 is 1.10 bits per heavy atom. The minimum atomic E-state index is -0.819. The highest BCUT2D eigenvalue weighted by Crippen LogP contribution is 2.39. The van der Waals surface area contributed by atoms with Gasteiger partial charge in [-0.1, -0.05) is 13.3 Å². The fraction of sp³-hybridized carbons (Fsp3) is 0.867. The molecule has 20 heavy (non-hydrogen) atoms. The molecule has 1 aliphatic carbocycles. The van der Waals surface area contributed by atoms with Crippen LogP contribution >= 0.6 is 0 Å². The van der Waals surface area contributed by atoms with E-state index in [0.29, 0.717) is 18.9 Å². The van der Waals surface area contributed by atoms with Crippen LogP contribution in [0.25, 0.3) is 0 Å². The summed E-state index contributed by atoms with van der Waals surface area (Å²) in [4.78, 5) is 27.6. The first kappa shape index (κ1) is 17.0. The standard InChI is InChI=1S/C15H28N2O3/c1-5-11-9-12(13(10-11)15(19)20)14(18)17(4)8-6-7-16(2)3/h11-13H,5-10H2,1-4H3,(H,19,20). The van der Waals surface area contributed by atoms with Crippen LogP contribution in [0.4, 0.5) is 0 Å². The number of rotatable bonds is 7. The molecule has 0 aliphatic heterocycles. The average molecular weight is 284 g/mol. The zero-order chi connectivity index (χ0) is 15.3. The van der Waals surface area contributed by atoms with E-state index in [2.05, 4.69) is 11.8 Å².